The first-order chi connectivity index (χ1) is 9.02. The molecular formula is C13H25N3O3. The van der Waals surface area contributed by atoms with E-state index in [2.05, 4.69) is 15.5 Å². The van der Waals surface area contributed by atoms with Crippen molar-refractivity contribution in [1.29, 1.82) is 0 Å². The molecule has 1 heterocycles. The third-order valence-corrected chi connectivity index (χ3v) is 3.37. The maximum atomic E-state index is 11.7. The number of carboxylic acid groups (broad SMARTS) is 1. The van der Waals surface area contributed by atoms with Gasteiger partial charge in [0.15, 0.2) is 0 Å². The van der Waals surface area contributed by atoms with Crippen molar-refractivity contribution >= 4 is 12.0 Å². The van der Waals surface area contributed by atoms with Crippen molar-refractivity contribution < 1.29 is 14.7 Å². The molecule has 0 aromatic rings. The zero-order valence-corrected chi connectivity index (χ0v) is 11.8. The van der Waals surface area contributed by atoms with Gasteiger partial charge in [-0.25, -0.2) is 9.59 Å². The summed E-state index contributed by atoms with van der Waals surface area (Å²) in [7, 11) is 0. The predicted octanol–water partition coefficient (Wildman–Crippen LogP) is 1.02. The van der Waals surface area contributed by atoms with Crippen molar-refractivity contribution in [1.82, 2.24) is 15.5 Å². The number of hydrogen-bond donors (Lipinski definition) is 3. The Bertz CT molecular complexity index is 304. The minimum atomic E-state index is -0.999. The molecule has 0 aliphatic carbocycles. The van der Waals surface area contributed by atoms with Crippen LogP contribution in [0.2, 0.25) is 0 Å². The standard InChI is InChI=1S/C13H25N3O3/c1-3-11(12(17)18)15-13(19)14-10(2)9-16-7-5-4-6-8-16/h10-11H,3-9H2,1-2H3,(H,17,18)(H2,14,15,19)/t10?,11-/m0/s1. The van der Waals surface area contributed by atoms with Gasteiger partial charge in [0.25, 0.3) is 0 Å². The van der Waals surface area contributed by atoms with Gasteiger partial charge in [-0.3, -0.25) is 0 Å². The third-order valence-electron chi connectivity index (χ3n) is 3.37. The van der Waals surface area contributed by atoms with E-state index in [0.717, 1.165) is 19.6 Å². The van der Waals surface area contributed by atoms with E-state index in [9.17, 15) is 9.59 Å². The van der Waals surface area contributed by atoms with Crippen LogP contribution in [0.4, 0.5) is 4.79 Å². The van der Waals surface area contributed by atoms with Crippen molar-refractivity contribution in [3.8, 4) is 0 Å². The lowest BCUT2D eigenvalue weighted by Gasteiger charge is -2.29. The highest BCUT2D eigenvalue weighted by Crippen LogP contribution is 2.08. The molecule has 19 heavy (non-hydrogen) atoms. The van der Waals surface area contributed by atoms with Crippen molar-refractivity contribution in [2.75, 3.05) is 19.6 Å². The largest absolute Gasteiger partial charge is 0.480 e. The lowest BCUT2D eigenvalue weighted by molar-refractivity contribution is -0.139. The van der Waals surface area contributed by atoms with Gasteiger partial charge in [-0.1, -0.05) is 13.3 Å². The summed E-state index contributed by atoms with van der Waals surface area (Å²) in [4.78, 5) is 24.8. The number of likely N-dealkylation sites (tertiary alicyclic amines) is 1. The van der Waals surface area contributed by atoms with Crippen LogP contribution >= 0.6 is 0 Å². The highest BCUT2D eigenvalue weighted by atomic mass is 16.4. The number of carbonyl (C=O) groups excluding carboxylic acids is 1. The normalized spacial score (nSPS) is 19.5. The van der Waals surface area contributed by atoms with Crippen LogP contribution in [0.5, 0.6) is 0 Å². The molecule has 2 atom stereocenters. The molecule has 1 aliphatic heterocycles. The maximum absolute atomic E-state index is 11.7. The van der Waals surface area contributed by atoms with E-state index < -0.39 is 18.0 Å². The number of nitrogens with one attached hydrogen (secondary N) is 2. The Labute approximate surface area is 114 Å². The van der Waals surface area contributed by atoms with Gasteiger partial charge in [-0.05, 0) is 39.3 Å². The molecule has 1 aliphatic rings. The number of nitrogens with zero attached hydrogens (tertiary/aromatic N) is 1. The molecule has 0 saturated carbocycles. The van der Waals surface area contributed by atoms with Crippen LogP contribution in [-0.4, -0.2) is 53.7 Å². The van der Waals surface area contributed by atoms with Crippen LogP contribution in [0, 0.1) is 0 Å². The second kappa shape index (κ2) is 7.99. The molecule has 1 saturated heterocycles. The van der Waals surface area contributed by atoms with Gasteiger partial charge in [0.05, 0.1) is 0 Å². The van der Waals surface area contributed by atoms with Crippen molar-refractivity contribution in [3.05, 3.63) is 0 Å². The summed E-state index contributed by atoms with van der Waals surface area (Å²) in [5.74, 6) is -0.999. The van der Waals surface area contributed by atoms with Crippen LogP contribution in [0.25, 0.3) is 0 Å². The molecule has 0 bridgehead atoms. The molecule has 0 radical (unpaired) electrons. The Kier molecular flexibility index (Phi) is 6.62. The van der Waals surface area contributed by atoms with E-state index in [1.807, 2.05) is 6.92 Å². The molecule has 0 aromatic carbocycles. The zero-order valence-electron chi connectivity index (χ0n) is 11.8. The average molecular weight is 271 g/mol. The average Bonchev–Trinajstić information content (AvgIpc) is 2.36. The van der Waals surface area contributed by atoms with Crippen molar-refractivity contribution in [2.45, 2.75) is 51.6 Å². The maximum Gasteiger partial charge on any atom is 0.326 e. The summed E-state index contributed by atoms with van der Waals surface area (Å²) in [6.45, 7) is 6.66. The summed E-state index contributed by atoms with van der Waals surface area (Å²) in [6, 6.07) is -1.20. The highest BCUT2D eigenvalue weighted by molar-refractivity contribution is 5.82. The summed E-state index contributed by atoms with van der Waals surface area (Å²) in [6.07, 6.45) is 4.10. The fourth-order valence-electron chi connectivity index (χ4n) is 2.34. The monoisotopic (exact) mass is 271 g/mol. The van der Waals surface area contributed by atoms with Crippen molar-refractivity contribution in [2.24, 2.45) is 0 Å². The molecule has 0 aromatic heterocycles. The second-order valence-corrected chi connectivity index (χ2v) is 5.18. The van der Waals surface area contributed by atoms with E-state index in [4.69, 9.17) is 5.11 Å². The van der Waals surface area contributed by atoms with Gasteiger partial charge in [-0.2, -0.15) is 0 Å². The number of piperidine rings is 1. The van der Waals surface area contributed by atoms with E-state index >= 15 is 0 Å². The third kappa shape index (κ3) is 5.92. The molecule has 3 N–H and O–H groups in total. The van der Waals surface area contributed by atoms with Gasteiger partial charge >= 0.3 is 12.0 Å². The Morgan fingerprint density at radius 2 is 1.84 bits per heavy atom. The Morgan fingerprint density at radius 1 is 1.21 bits per heavy atom. The fraction of sp³-hybridized carbons (Fsp3) is 0.846. The molecule has 0 spiro atoms. The van der Waals surface area contributed by atoms with Gasteiger partial charge in [-0.15, -0.1) is 0 Å². The van der Waals surface area contributed by atoms with Crippen LogP contribution in [0.15, 0.2) is 0 Å². The predicted molar refractivity (Wildman–Crippen MR) is 73.1 cm³/mol. The Balaban J connectivity index is 2.28. The summed E-state index contributed by atoms with van der Waals surface area (Å²) >= 11 is 0. The number of hydrogen-bond acceptors (Lipinski definition) is 3. The fourth-order valence-corrected chi connectivity index (χ4v) is 2.34. The highest BCUT2D eigenvalue weighted by Gasteiger charge is 2.19. The van der Waals surface area contributed by atoms with Crippen molar-refractivity contribution in [3.63, 3.8) is 0 Å². The van der Waals surface area contributed by atoms with Gasteiger partial charge in [0.2, 0.25) is 0 Å². The molecule has 2 amide bonds. The topological polar surface area (TPSA) is 81.7 Å². The molecule has 110 valence electrons. The molecule has 1 rings (SSSR count). The molecular weight excluding hydrogens is 246 g/mol. The second-order valence-electron chi connectivity index (χ2n) is 5.18. The summed E-state index contributed by atoms with van der Waals surface area (Å²) < 4.78 is 0. The molecule has 6 nitrogen and oxygen atoms in total. The SMILES string of the molecule is CC[C@H](NC(=O)NC(C)CN1CCCCC1)C(=O)O. The number of carbonyl (C=O) groups is 2. The van der Waals surface area contributed by atoms with Crippen LogP contribution < -0.4 is 10.6 Å². The first-order valence-corrected chi connectivity index (χ1v) is 7.05. The zero-order chi connectivity index (χ0) is 14.3. The lowest BCUT2D eigenvalue weighted by Crippen LogP contribution is -2.51. The van der Waals surface area contributed by atoms with Gasteiger partial charge in [0, 0.05) is 12.6 Å². The first kappa shape index (κ1) is 15.8. The number of aliphatic carboxylic acids is 1. The van der Waals surface area contributed by atoms with Crippen LogP contribution in [-0.2, 0) is 4.79 Å². The molecule has 1 fully saturated rings. The summed E-state index contributed by atoms with van der Waals surface area (Å²) in [5, 5.41) is 14.1. The van der Waals surface area contributed by atoms with E-state index in [-0.39, 0.29) is 6.04 Å². The van der Waals surface area contributed by atoms with Gasteiger partial charge < -0.3 is 20.6 Å². The van der Waals surface area contributed by atoms with E-state index in [1.165, 1.54) is 19.3 Å². The number of rotatable bonds is 6. The smallest absolute Gasteiger partial charge is 0.326 e. The van der Waals surface area contributed by atoms with Crippen LogP contribution in [0.3, 0.4) is 0 Å². The van der Waals surface area contributed by atoms with Gasteiger partial charge in [0.1, 0.15) is 6.04 Å². The lowest BCUT2D eigenvalue weighted by atomic mass is 10.1. The number of amides is 2. The van der Waals surface area contributed by atoms with E-state index in [0.29, 0.717) is 6.42 Å². The molecule has 1 unspecified atom stereocenters. The van der Waals surface area contributed by atoms with Crippen LogP contribution in [0.1, 0.15) is 39.5 Å². The van der Waals surface area contributed by atoms with E-state index in [1.54, 1.807) is 6.92 Å². The minimum absolute atomic E-state index is 0.0180. The minimum Gasteiger partial charge on any atom is -0.480 e. The Morgan fingerprint density at radius 3 is 2.37 bits per heavy atom. The number of urea groups is 1. The number of carboxylic acids is 1. The molecule has 6 heteroatoms. The summed E-state index contributed by atoms with van der Waals surface area (Å²) in [5.41, 5.74) is 0. The first-order valence-electron chi connectivity index (χ1n) is 7.05. The Hall–Kier alpha value is -1.30. The quantitative estimate of drug-likeness (QED) is 0.674.